The van der Waals surface area contributed by atoms with E-state index in [2.05, 4.69) is 5.32 Å². The van der Waals surface area contributed by atoms with Crippen molar-refractivity contribution >= 4 is 11.8 Å². The molecule has 2 atom stereocenters. The molecule has 1 aliphatic heterocycles. The Morgan fingerprint density at radius 3 is 2.83 bits per heavy atom. The van der Waals surface area contributed by atoms with Gasteiger partial charge in [-0.05, 0) is 18.9 Å². The fraction of sp³-hybridized carbons (Fsp3) is 0.529. The van der Waals surface area contributed by atoms with E-state index in [0.717, 1.165) is 12.0 Å². The number of morpholine rings is 1. The molecule has 126 valence electrons. The summed E-state index contributed by atoms with van der Waals surface area (Å²) in [5.41, 5.74) is 0.887. The highest BCUT2D eigenvalue weighted by Crippen LogP contribution is 2.28. The van der Waals surface area contributed by atoms with Crippen molar-refractivity contribution in [3.63, 3.8) is 0 Å². The van der Waals surface area contributed by atoms with E-state index in [0.29, 0.717) is 19.8 Å². The molecule has 23 heavy (non-hydrogen) atoms. The van der Waals surface area contributed by atoms with Gasteiger partial charge in [0, 0.05) is 26.8 Å². The summed E-state index contributed by atoms with van der Waals surface area (Å²) in [7, 11) is 1.71. The second-order valence-corrected chi connectivity index (χ2v) is 5.43. The number of hydrogen-bond donors (Lipinski definition) is 1. The Kier molecular flexibility index (Phi) is 6.55. The molecule has 0 bridgehead atoms. The summed E-state index contributed by atoms with van der Waals surface area (Å²) < 4.78 is 10.8. The quantitative estimate of drug-likeness (QED) is 0.765. The largest absolute Gasteiger partial charge is 0.382 e. The smallest absolute Gasteiger partial charge is 0.251 e. The third kappa shape index (κ3) is 4.53. The van der Waals surface area contributed by atoms with Crippen molar-refractivity contribution in [1.82, 2.24) is 10.2 Å². The molecule has 0 aromatic heterocycles. The molecule has 1 fully saturated rings. The Hall–Kier alpha value is -1.92. The van der Waals surface area contributed by atoms with Crippen LogP contribution in [-0.2, 0) is 19.1 Å². The number of nitrogens with one attached hydrogen (secondary N) is 1. The Morgan fingerprint density at radius 1 is 1.39 bits per heavy atom. The Bertz CT molecular complexity index is 521. The van der Waals surface area contributed by atoms with Gasteiger partial charge >= 0.3 is 0 Å². The van der Waals surface area contributed by atoms with E-state index in [-0.39, 0.29) is 18.4 Å². The minimum absolute atomic E-state index is 0.0726. The Labute approximate surface area is 136 Å². The molecular formula is C17H24N2O4. The fourth-order valence-electron chi connectivity index (χ4n) is 2.61. The van der Waals surface area contributed by atoms with E-state index in [1.165, 1.54) is 0 Å². The molecule has 6 nitrogen and oxygen atoms in total. The summed E-state index contributed by atoms with van der Waals surface area (Å²) in [4.78, 5) is 26.0. The zero-order valence-corrected chi connectivity index (χ0v) is 13.7. The lowest BCUT2D eigenvalue weighted by Gasteiger charge is -2.38. The second kappa shape index (κ2) is 8.64. The molecule has 0 spiro atoms. The van der Waals surface area contributed by atoms with Crippen LogP contribution >= 0.6 is 0 Å². The average Bonchev–Trinajstić information content (AvgIpc) is 2.57. The van der Waals surface area contributed by atoms with Crippen molar-refractivity contribution in [1.29, 1.82) is 0 Å². The molecular weight excluding hydrogens is 296 g/mol. The van der Waals surface area contributed by atoms with Crippen LogP contribution in [-0.4, -0.2) is 56.2 Å². The number of hydrogen-bond acceptors (Lipinski definition) is 4. The van der Waals surface area contributed by atoms with Crippen LogP contribution < -0.4 is 5.32 Å². The molecule has 2 amide bonds. The third-order valence-electron chi connectivity index (χ3n) is 3.85. The topological polar surface area (TPSA) is 67.9 Å². The molecule has 1 saturated heterocycles. The zero-order chi connectivity index (χ0) is 16.7. The first-order chi connectivity index (χ1) is 11.1. The molecule has 1 heterocycles. The Morgan fingerprint density at radius 2 is 2.13 bits per heavy atom. The highest BCUT2D eigenvalue weighted by Gasteiger charge is 2.39. The number of carbonyl (C=O) groups excluding carboxylic acids is 2. The van der Waals surface area contributed by atoms with Gasteiger partial charge in [0.15, 0.2) is 6.10 Å². The molecule has 1 N–H and O–H groups in total. The van der Waals surface area contributed by atoms with Gasteiger partial charge in [-0.2, -0.15) is 0 Å². The summed E-state index contributed by atoms with van der Waals surface area (Å²) in [6.45, 7) is 3.67. The van der Waals surface area contributed by atoms with Crippen molar-refractivity contribution in [3.05, 3.63) is 35.9 Å². The maximum Gasteiger partial charge on any atom is 0.251 e. The van der Waals surface area contributed by atoms with Crippen LogP contribution in [0.3, 0.4) is 0 Å². The minimum Gasteiger partial charge on any atom is -0.382 e. The van der Waals surface area contributed by atoms with Crippen molar-refractivity contribution in [3.8, 4) is 0 Å². The second-order valence-electron chi connectivity index (χ2n) is 5.43. The van der Waals surface area contributed by atoms with Crippen LogP contribution in [0, 0.1) is 0 Å². The predicted octanol–water partition coefficient (Wildman–Crippen LogP) is 1.13. The summed E-state index contributed by atoms with van der Waals surface area (Å²) in [5, 5.41) is 2.86. The standard InChI is InChI=1S/C17H24N2O4/c1-3-22-11-7-10-18-17(21)16-15(13-8-5-4-6-9-13)19(2)14(20)12-23-16/h4-6,8-9,15-16H,3,7,10-12H2,1-2H3,(H,18,21)/t15-,16-/m0/s1. The van der Waals surface area contributed by atoms with Crippen molar-refractivity contribution in [2.45, 2.75) is 25.5 Å². The molecule has 6 heteroatoms. The van der Waals surface area contributed by atoms with Crippen molar-refractivity contribution in [2.24, 2.45) is 0 Å². The molecule has 0 unspecified atom stereocenters. The number of nitrogens with zero attached hydrogens (tertiary/aromatic N) is 1. The lowest BCUT2D eigenvalue weighted by Crippen LogP contribution is -2.53. The first-order valence-corrected chi connectivity index (χ1v) is 7.92. The van der Waals surface area contributed by atoms with Crippen LogP contribution in [0.2, 0.25) is 0 Å². The maximum atomic E-state index is 12.5. The third-order valence-corrected chi connectivity index (χ3v) is 3.85. The van der Waals surface area contributed by atoms with E-state index in [1.807, 2.05) is 37.3 Å². The predicted molar refractivity (Wildman–Crippen MR) is 85.8 cm³/mol. The number of amides is 2. The van der Waals surface area contributed by atoms with Gasteiger partial charge in [-0.25, -0.2) is 0 Å². The van der Waals surface area contributed by atoms with Crippen LogP contribution in [0.1, 0.15) is 24.9 Å². The summed E-state index contributed by atoms with van der Waals surface area (Å²) >= 11 is 0. The average molecular weight is 320 g/mol. The molecule has 0 radical (unpaired) electrons. The molecule has 0 aliphatic carbocycles. The summed E-state index contributed by atoms with van der Waals surface area (Å²) in [6, 6.07) is 9.07. The molecule has 1 aromatic carbocycles. The van der Waals surface area contributed by atoms with Gasteiger partial charge in [0.1, 0.15) is 6.61 Å². The van der Waals surface area contributed by atoms with Gasteiger partial charge in [0.05, 0.1) is 6.04 Å². The number of likely N-dealkylation sites (N-methyl/N-ethyl adjacent to an activating group) is 1. The van der Waals surface area contributed by atoms with Crippen LogP contribution in [0.25, 0.3) is 0 Å². The van der Waals surface area contributed by atoms with Gasteiger partial charge in [0.2, 0.25) is 5.91 Å². The molecule has 1 aromatic rings. The SMILES string of the molecule is CCOCCCNC(=O)[C@H]1OCC(=O)N(C)[C@H]1c1ccccc1. The van der Waals surface area contributed by atoms with Gasteiger partial charge < -0.3 is 19.7 Å². The van der Waals surface area contributed by atoms with E-state index in [4.69, 9.17) is 9.47 Å². The monoisotopic (exact) mass is 320 g/mol. The van der Waals surface area contributed by atoms with Crippen LogP contribution in [0.4, 0.5) is 0 Å². The van der Waals surface area contributed by atoms with E-state index < -0.39 is 12.1 Å². The van der Waals surface area contributed by atoms with E-state index in [1.54, 1.807) is 11.9 Å². The molecule has 0 saturated carbocycles. The number of carbonyl (C=O) groups is 2. The minimum atomic E-state index is -0.702. The number of benzene rings is 1. The van der Waals surface area contributed by atoms with Crippen LogP contribution in [0.15, 0.2) is 30.3 Å². The highest BCUT2D eigenvalue weighted by molar-refractivity contribution is 5.86. The molecule has 2 rings (SSSR count). The summed E-state index contributed by atoms with van der Waals surface area (Å²) in [6.07, 6.45) is 0.0454. The fourth-order valence-corrected chi connectivity index (χ4v) is 2.61. The highest BCUT2D eigenvalue weighted by atomic mass is 16.5. The van der Waals surface area contributed by atoms with Crippen LogP contribution in [0.5, 0.6) is 0 Å². The van der Waals surface area contributed by atoms with E-state index >= 15 is 0 Å². The molecule has 1 aliphatic rings. The number of ether oxygens (including phenoxy) is 2. The van der Waals surface area contributed by atoms with Gasteiger partial charge in [-0.3, -0.25) is 9.59 Å². The Balaban J connectivity index is 2.02. The lowest BCUT2D eigenvalue weighted by molar-refractivity contribution is -0.162. The van der Waals surface area contributed by atoms with Crippen molar-refractivity contribution in [2.75, 3.05) is 33.4 Å². The van der Waals surface area contributed by atoms with Crippen molar-refractivity contribution < 1.29 is 19.1 Å². The van der Waals surface area contributed by atoms with Gasteiger partial charge in [-0.1, -0.05) is 30.3 Å². The van der Waals surface area contributed by atoms with Gasteiger partial charge in [0.25, 0.3) is 5.91 Å². The first-order valence-electron chi connectivity index (χ1n) is 7.92. The van der Waals surface area contributed by atoms with Gasteiger partial charge in [-0.15, -0.1) is 0 Å². The normalized spacial score (nSPS) is 21.3. The number of rotatable bonds is 7. The summed E-state index contributed by atoms with van der Waals surface area (Å²) in [5.74, 6) is -0.325. The lowest BCUT2D eigenvalue weighted by atomic mass is 9.97. The van der Waals surface area contributed by atoms with E-state index in [9.17, 15) is 9.59 Å². The maximum absolute atomic E-state index is 12.5. The zero-order valence-electron chi connectivity index (χ0n) is 13.7. The first kappa shape index (κ1) is 17.4.